The van der Waals surface area contributed by atoms with Gasteiger partial charge < -0.3 is 5.32 Å². The largest absolute Gasteiger partial charge is 0.325 e. The number of aryl methyl sites for hydroxylation is 1. The van der Waals surface area contributed by atoms with Crippen LogP contribution in [0.2, 0.25) is 0 Å². The summed E-state index contributed by atoms with van der Waals surface area (Å²) in [5, 5.41) is 2.68. The molecule has 0 radical (unpaired) electrons. The average molecular weight is 403 g/mol. The summed E-state index contributed by atoms with van der Waals surface area (Å²) in [6.07, 6.45) is 0. The number of benzene rings is 1. The lowest BCUT2D eigenvalue weighted by molar-refractivity contribution is -0.116. The number of sulfonamides is 1. The van der Waals surface area contributed by atoms with Crippen molar-refractivity contribution in [2.75, 3.05) is 18.9 Å². The van der Waals surface area contributed by atoms with Crippen LogP contribution < -0.4 is 5.32 Å². The Bertz CT molecular complexity index is 770. The predicted molar refractivity (Wildman–Crippen MR) is 91.6 cm³/mol. The van der Waals surface area contributed by atoms with Gasteiger partial charge in [-0.1, -0.05) is 17.7 Å². The van der Waals surface area contributed by atoms with Crippen molar-refractivity contribution in [3.63, 3.8) is 0 Å². The van der Waals surface area contributed by atoms with Crippen molar-refractivity contribution < 1.29 is 13.2 Å². The highest BCUT2D eigenvalue weighted by Gasteiger charge is 2.24. The second kappa shape index (κ2) is 6.91. The smallest absolute Gasteiger partial charge is 0.252 e. The first-order chi connectivity index (χ1) is 10.3. The highest BCUT2D eigenvalue weighted by atomic mass is 79.9. The normalized spacial score (nSPS) is 11.6. The first-order valence-electron chi connectivity index (χ1n) is 6.37. The van der Waals surface area contributed by atoms with E-state index in [1.165, 1.54) is 13.1 Å². The number of rotatable bonds is 5. The Morgan fingerprint density at radius 2 is 1.86 bits per heavy atom. The van der Waals surface area contributed by atoms with Crippen molar-refractivity contribution in [1.29, 1.82) is 0 Å². The fourth-order valence-corrected chi connectivity index (χ4v) is 5.06. The number of thiophene rings is 1. The van der Waals surface area contributed by atoms with E-state index in [0.29, 0.717) is 5.69 Å². The van der Waals surface area contributed by atoms with Gasteiger partial charge in [-0.2, -0.15) is 4.31 Å². The number of halogens is 1. The van der Waals surface area contributed by atoms with Crippen LogP contribution in [0.25, 0.3) is 0 Å². The van der Waals surface area contributed by atoms with Crippen LogP contribution in [0.15, 0.2) is 44.4 Å². The van der Waals surface area contributed by atoms with Gasteiger partial charge in [0.1, 0.15) is 4.21 Å². The van der Waals surface area contributed by atoms with Crippen LogP contribution in [0.4, 0.5) is 5.69 Å². The summed E-state index contributed by atoms with van der Waals surface area (Å²) in [7, 11) is -2.26. The molecule has 0 aliphatic heterocycles. The quantitative estimate of drug-likeness (QED) is 0.835. The molecule has 1 aromatic heterocycles. The molecule has 0 aliphatic carbocycles. The Kier molecular flexibility index (Phi) is 5.38. The van der Waals surface area contributed by atoms with Crippen molar-refractivity contribution in [3.05, 3.63) is 45.7 Å². The molecule has 1 heterocycles. The van der Waals surface area contributed by atoms with Gasteiger partial charge in [0.2, 0.25) is 5.91 Å². The minimum Gasteiger partial charge on any atom is -0.325 e. The van der Waals surface area contributed by atoms with Crippen LogP contribution in [-0.4, -0.2) is 32.2 Å². The number of carbonyl (C=O) groups excluding carboxylic acids is 1. The van der Waals surface area contributed by atoms with Gasteiger partial charge in [0.15, 0.2) is 0 Å². The molecule has 2 aromatic rings. The molecule has 0 spiro atoms. The Morgan fingerprint density at radius 3 is 2.41 bits per heavy atom. The van der Waals surface area contributed by atoms with Crippen LogP contribution in [0, 0.1) is 6.92 Å². The Balaban J connectivity index is 2.03. The zero-order valence-electron chi connectivity index (χ0n) is 12.0. The highest BCUT2D eigenvalue weighted by molar-refractivity contribution is 9.11. The Labute approximate surface area is 142 Å². The molecule has 0 saturated carbocycles. The maximum atomic E-state index is 12.3. The summed E-state index contributed by atoms with van der Waals surface area (Å²) >= 11 is 4.34. The number of hydrogen-bond donors (Lipinski definition) is 1. The minimum atomic E-state index is -3.65. The molecule has 0 bridgehead atoms. The van der Waals surface area contributed by atoms with Crippen molar-refractivity contribution in [2.45, 2.75) is 11.1 Å². The van der Waals surface area contributed by atoms with E-state index >= 15 is 0 Å². The summed E-state index contributed by atoms with van der Waals surface area (Å²) in [5.41, 5.74) is 1.72. The fourth-order valence-electron chi connectivity index (χ4n) is 1.71. The number of hydrogen-bond acceptors (Lipinski definition) is 4. The van der Waals surface area contributed by atoms with Gasteiger partial charge in [-0.15, -0.1) is 11.3 Å². The Hall–Kier alpha value is -1.22. The molecular formula is C14H15BrN2O3S2. The van der Waals surface area contributed by atoms with E-state index in [9.17, 15) is 13.2 Å². The van der Waals surface area contributed by atoms with Gasteiger partial charge in [0, 0.05) is 12.7 Å². The van der Waals surface area contributed by atoms with E-state index in [2.05, 4.69) is 21.2 Å². The third-order valence-electron chi connectivity index (χ3n) is 2.91. The number of likely N-dealkylation sites (N-methyl/N-ethyl adjacent to an activating group) is 1. The van der Waals surface area contributed by atoms with Crippen molar-refractivity contribution >= 4 is 48.9 Å². The Morgan fingerprint density at radius 1 is 1.23 bits per heavy atom. The molecule has 2 rings (SSSR count). The first-order valence-corrected chi connectivity index (χ1v) is 9.42. The first kappa shape index (κ1) is 17.1. The van der Waals surface area contributed by atoms with E-state index < -0.39 is 10.0 Å². The van der Waals surface area contributed by atoms with Gasteiger partial charge in [0.05, 0.1) is 10.3 Å². The molecular weight excluding hydrogens is 388 g/mol. The number of carbonyl (C=O) groups is 1. The molecule has 0 atom stereocenters. The van der Waals surface area contributed by atoms with Crippen molar-refractivity contribution in [3.8, 4) is 0 Å². The maximum Gasteiger partial charge on any atom is 0.252 e. The molecule has 5 nitrogen and oxygen atoms in total. The SMILES string of the molecule is Cc1ccc(NC(=O)CN(C)S(=O)(=O)c2ccc(Br)s2)cc1. The number of nitrogens with one attached hydrogen (secondary N) is 1. The molecule has 1 aromatic carbocycles. The third-order valence-corrected chi connectivity index (χ3v) is 6.81. The van der Waals surface area contributed by atoms with Crippen LogP contribution in [0.3, 0.4) is 0 Å². The van der Waals surface area contributed by atoms with Crippen LogP contribution in [0.1, 0.15) is 5.56 Å². The van der Waals surface area contributed by atoms with Crippen LogP contribution >= 0.6 is 27.3 Å². The molecule has 0 aliphatic rings. The minimum absolute atomic E-state index is 0.199. The van der Waals surface area contributed by atoms with Crippen LogP contribution in [-0.2, 0) is 14.8 Å². The second-order valence-corrected chi connectivity index (χ2v) is 9.47. The second-order valence-electron chi connectivity index (χ2n) is 4.73. The summed E-state index contributed by atoms with van der Waals surface area (Å²) in [5.74, 6) is -0.384. The lowest BCUT2D eigenvalue weighted by Crippen LogP contribution is -2.34. The van der Waals surface area contributed by atoms with Gasteiger partial charge in [-0.3, -0.25) is 4.79 Å². The van der Waals surface area contributed by atoms with E-state index in [-0.39, 0.29) is 16.7 Å². The van der Waals surface area contributed by atoms with E-state index in [1.807, 2.05) is 19.1 Å². The van der Waals surface area contributed by atoms with E-state index in [4.69, 9.17) is 0 Å². The molecule has 1 N–H and O–H groups in total. The lowest BCUT2D eigenvalue weighted by Gasteiger charge is -2.15. The third kappa shape index (κ3) is 4.16. The van der Waals surface area contributed by atoms with Gasteiger partial charge in [0.25, 0.3) is 10.0 Å². The van der Waals surface area contributed by atoms with Gasteiger partial charge >= 0.3 is 0 Å². The highest BCUT2D eigenvalue weighted by Crippen LogP contribution is 2.27. The van der Waals surface area contributed by atoms with Crippen LogP contribution in [0.5, 0.6) is 0 Å². The topological polar surface area (TPSA) is 66.5 Å². The number of nitrogens with zero attached hydrogens (tertiary/aromatic N) is 1. The standard InChI is InChI=1S/C14H15BrN2O3S2/c1-10-3-5-11(6-4-10)16-13(18)9-17(2)22(19,20)14-8-7-12(15)21-14/h3-8H,9H2,1-2H3,(H,16,18). The predicted octanol–water partition coefficient (Wildman–Crippen LogP) is 3.08. The summed E-state index contributed by atoms with van der Waals surface area (Å²) < 4.78 is 26.6. The van der Waals surface area contributed by atoms with Gasteiger partial charge in [-0.25, -0.2) is 8.42 Å². The van der Waals surface area contributed by atoms with Crippen molar-refractivity contribution in [2.24, 2.45) is 0 Å². The zero-order valence-corrected chi connectivity index (χ0v) is 15.3. The molecule has 1 amide bonds. The maximum absolute atomic E-state index is 12.3. The number of amides is 1. The summed E-state index contributed by atoms with van der Waals surface area (Å²) in [6, 6.07) is 10.5. The average Bonchev–Trinajstić information content (AvgIpc) is 2.88. The van der Waals surface area contributed by atoms with Gasteiger partial charge in [-0.05, 0) is 47.1 Å². The molecule has 0 saturated heterocycles. The molecule has 22 heavy (non-hydrogen) atoms. The fraction of sp³-hybridized carbons (Fsp3) is 0.214. The molecule has 0 fully saturated rings. The lowest BCUT2D eigenvalue weighted by atomic mass is 10.2. The van der Waals surface area contributed by atoms with Crippen molar-refractivity contribution in [1.82, 2.24) is 4.31 Å². The summed E-state index contributed by atoms with van der Waals surface area (Å²) in [4.78, 5) is 12.0. The molecule has 118 valence electrons. The van der Waals surface area contributed by atoms with E-state index in [1.54, 1.807) is 18.2 Å². The summed E-state index contributed by atoms with van der Waals surface area (Å²) in [6.45, 7) is 1.71. The number of anilines is 1. The monoisotopic (exact) mass is 402 g/mol. The van der Waals surface area contributed by atoms with E-state index in [0.717, 1.165) is 25.0 Å². The molecule has 0 unspecified atom stereocenters. The molecule has 8 heteroatoms. The zero-order chi connectivity index (χ0) is 16.3.